The van der Waals surface area contributed by atoms with E-state index in [2.05, 4.69) is 9.98 Å². The van der Waals surface area contributed by atoms with Crippen LogP contribution < -0.4 is 11.5 Å². The number of aliphatic imine (C=N–C) groups is 1. The Kier molecular flexibility index (Phi) is 5.88. The van der Waals surface area contributed by atoms with Crippen LogP contribution in [0.5, 0.6) is 0 Å². The maximum Gasteiger partial charge on any atom is 0.329 e. The van der Waals surface area contributed by atoms with Gasteiger partial charge in [-0.25, -0.2) is 9.78 Å². The van der Waals surface area contributed by atoms with Crippen molar-refractivity contribution < 1.29 is 19.4 Å². The summed E-state index contributed by atoms with van der Waals surface area (Å²) in [4.78, 5) is 32.9. The van der Waals surface area contributed by atoms with Crippen molar-refractivity contribution in [1.82, 2.24) is 9.88 Å². The number of likely N-dealkylation sites (tertiary alicyclic amines) is 1. The van der Waals surface area contributed by atoms with Gasteiger partial charge < -0.3 is 26.2 Å². The number of carboxylic acids is 1. The summed E-state index contributed by atoms with van der Waals surface area (Å²) in [6.07, 6.45) is 3.22. The van der Waals surface area contributed by atoms with Crippen LogP contribution in [0.15, 0.2) is 11.2 Å². The zero-order valence-corrected chi connectivity index (χ0v) is 13.3. The highest BCUT2D eigenvalue weighted by molar-refractivity contribution is 7.17. The van der Waals surface area contributed by atoms with E-state index in [0.29, 0.717) is 29.7 Å². The summed E-state index contributed by atoms with van der Waals surface area (Å²) < 4.78 is 5.12. The number of carboxylic acid groups (broad SMARTS) is 1. The summed E-state index contributed by atoms with van der Waals surface area (Å²) in [5.74, 6) is -1.09. The van der Waals surface area contributed by atoms with Gasteiger partial charge in [-0.2, -0.15) is 4.99 Å². The maximum atomic E-state index is 12.5. The number of thiazole rings is 1. The van der Waals surface area contributed by atoms with E-state index in [-0.39, 0.29) is 24.4 Å². The lowest BCUT2D eigenvalue weighted by atomic mass is 9.99. The Morgan fingerprint density at radius 1 is 1.52 bits per heavy atom. The van der Waals surface area contributed by atoms with Crippen LogP contribution in [0.25, 0.3) is 0 Å². The first-order valence-corrected chi connectivity index (χ1v) is 7.91. The molecule has 1 amide bonds. The number of ether oxygens (including phenoxy) is 1. The van der Waals surface area contributed by atoms with Gasteiger partial charge >= 0.3 is 5.97 Å². The first-order valence-electron chi connectivity index (χ1n) is 7.10. The second-order valence-corrected chi connectivity index (χ2v) is 6.22. The minimum atomic E-state index is -0.995. The summed E-state index contributed by atoms with van der Waals surface area (Å²) in [7, 11) is 0. The quantitative estimate of drug-likeness (QED) is 0.488. The molecule has 2 heterocycles. The molecule has 0 spiro atoms. The summed E-state index contributed by atoms with van der Waals surface area (Å²) in [5, 5.41) is 8.91. The van der Waals surface area contributed by atoms with Crippen LogP contribution >= 0.6 is 11.3 Å². The van der Waals surface area contributed by atoms with Crippen molar-refractivity contribution in [2.75, 3.05) is 26.3 Å². The molecule has 1 aliphatic heterocycles. The summed E-state index contributed by atoms with van der Waals surface area (Å²) in [5.41, 5.74) is 10.6. The molecule has 0 saturated carbocycles. The zero-order valence-electron chi connectivity index (χ0n) is 12.5. The molecule has 0 radical (unpaired) electrons. The number of hydrogen-bond donors (Lipinski definition) is 3. The van der Waals surface area contributed by atoms with Crippen LogP contribution in [0.4, 0.5) is 5.13 Å². The van der Waals surface area contributed by atoms with Gasteiger partial charge in [0.2, 0.25) is 5.13 Å². The summed E-state index contributed by atoms with van der Waals surface area (Å²) >= 11 is 1.13. The van der Waals surface area contributed by atoms with Gasteiger partial charge in [0.1, 0.15) is 11.5 Å². The average Bonchev–Trinajstić information content (AvgIpc) is 2.94. The number of guanidine groups is 1. The molecule has 0 aromatic carbocycles. The number of amides is 1. The van der Waals surface area contributed by atoms with E-state index >= 15 is 0 Å². The van der Waals surface area contributed by atoms with Crippen molar-refractivity contribution in [2.24, 2.45) is 22.4 Å². The Labute approximate surface area is 137 Å². The first kappa shape index (κ1) is 17.2. The Morgan fingerprint density at radius 3 is 3.00 bits per heavy atom. The predicted molar refractivity (Wildman–Crippen MR) is 84.7 cm³/mol. The highest BCUT2D eigenvalue weighted by Crippen LogP contribution is 2.25. The van der Waals surface area contributed by atoms with Gasteiger partial charge in [0.15, 0.2) is 5.96 Å². The van der Waals surface area contributed by atoms with Crippen molar-refractivity contribution in [3.05, 3.63) is 11.1 Å². The first-order chi connectivity index (χ1) is 11.0. The van der Waals surface area contributed by atoms with E-state index in [1.807, 2.05) is 0 Å². The molecule has 1 saturated heterocycles. The van der Waals surface area contributed by atoms with E-state index < -0.39 is 5.97 Å². The van der Waals surface area contributed by atoms with Crippen molar-refractivity contribution in [3.63, 3.8) is 0 Å². The van der Waals surface area contributed by atoms with Crippen LogP contribution in [0, 0.1) is 5.92 Å². The second kappa shape index (κ2) is 7.88. The molecular weight excluding hydrogens is 322 g/mol. The average molecular weight is 341 g/mol. The molecule has 1 unspecified atom stereocenters. The van der Waals surface area contributed by atoms with E-state index in [1.54, 1.807) is 4.90 Å². The second-order valence-electron chi connectivity index (χ2n) is 5.21. The number of aromatic nitrogens is 1. The Bertz CT molecular complexity index is 599. The Hall–Kier alpha value is -2.20. The predicted octanol–water partition coefficient (Wildman–Crippen LogP) is 0.00140. The normalized spacial score (nSPS) is 17.7. The van der Waals surface area contributed by atoms with Crippen LogP contribution in [-0.2, 0) is 9.53 Å². The Morgan fingerprint density at radius 2 is 2.30 bits per heavy atom. The molecule has 0 aliphatic carbocycles. The van der Waals surface area contributed by atoms with Crippen molar-refractivity contribution >= 4 is 34.3 Å². The minimum absolute atomic E-state index is 0.105. The number of carbonyl (C=O) groups excluding carboxylic acids is 1. The third kappa shape index (κ3) is 5.18. The molecule has 9 nitrogen and oxygen atoms in total. The van der Waals surface area contributed by atoms with Gasteiger partial charge in [-0.3, -0.25) is 4.79 Å². The molecule has 1 aliphatic rings. The lowest BCUT2D eigenvalue weighted by Gasteiger charge is -2.32. The largest absolute Gasteiger partial charge is 0.480 e. The maximum absolute atomic E-state index is 12.5. The molecule has 1 fully saturated rings. The molecule has 5 N–H and O–H groups in total. The molecule has 23 heavy (non-hydrogen) atoms. The smallest absolute Gasteiger partial charge is 0.329 e. The van der Waals surface area contributed by atoms with Gasteiger partial charge in [0.05, 0.1) is 12.8 Å². The van der Waals surface area contributed by atoms with Crippen LogP contribution in [0.3, 0.4) is 0 Å². The zero-order chi connectivity index (χ0) is 16.8. The lowest BCUT2D eigenvalue weighted by Crippen LogP contribution is -2.41. The highest BCUT2D eigenvalue weighted by atomic mass is 32.1. The fourth-order valence-corrected chi connectivity index (χ4v) is 3.16. The van der Waals surface area contributed by atoms with Gasteiger partial charge in [0.25, 0.3) is 5.91 Å². The van der Waals surface area contributed by atoms with Crippen LogP contribution in [0.1, 0.15) is 22.5 Å². The highest BCUT2D eigenvalue weighted by Gasteiger charge is 2.26. The molecule has 1 atom stereocenters. The molecule has 126 valence electrons. The number of hydrogen-bond acceptors (Lipinski definition) is 6. The van der Waals surface area contributed by atoms with Gasteiger partial charge in [0, 0.05) is 13.1 Å². The molecule has 10 heteroatoms. The number of nitrogens with two attached hydrogens (primary N) is 2. The molecule has 1 aromatic rings. The molecular formula is C13H19N5O4S. The summed E-state index contributed by atoms with van der Waals surface area (Å²) in [6.45, 7) is 1.21. The van der Waals surface area contributed by atoms with E-state index in [0.717, 1.165) is 24.2 Å². The van der Waals surface area contributed by atoms with E-state index in [9.17, 15) is 9.59 Å². The number of rotatable bonds is 6. The van der Waals surface area contributed by atoms with Crippen LogP contribution in [0.2, 0.25) is 0 Å². The number of piperidine rings is 1. The minimum Gasteiger partial charge on any atom is -0.480 e. The van der Waals surface area contributed by atoms with Crippen molar-refractivity contribution in [2.45, 2.75) is 12.8 Å². The monoisotopic (exact) mass is 341 g/mol. The van der Waals surface area contributed by atoms with E-state index in [1.165, 1.54) is 6.20 Å². The number of aliphatic carboxylic acids is 1. The summed E-state index contributed by atoms with van der Waals surface area (Å²) in [6, 6.07) is 0. The van der Waals surface area contributed by atoms with Gasteiger partial charge in [-0.15, -0.1) is 0 Å². The molecule has 0 bridgehead atoms. The SMILES string of the molecule is NC(N)=Nc1ncc(C(=O)N2CCCC(COCC(=O)O)C2)s1. The fraction of sp³-hybridized carbons (Fsp3) is 0.538. The molecule has 1 aromatic heterocycles. The van der Waals surface area contributed by atoms with Crippen molar-refractivity contribution in [3.8, 4) is 0 Å². The fourth-order valence-electron chi connectivity index (χ4n) is 2.38. The third-order valence-corrected chi connectivity index (χ3v) is 4.19. The Balaban J connectivity index is 1.92. The standard InChI is InChI=1S/C13H19N5O4S/c14-12(15)17-13-16-4-9(23-13)11(21)18-3-1-2-8(5-18)6-22-7-10(19)20/h4,8H,1-3,5-7H2,(H,19,20)(H4,14,15,16,17). The number of carbonyl (C=O) groups is 2. The number of nitrogens with zero attached hydrogens (tertiary/aromatic N) is 3. The molecule has 2 rings (SSSR count). The van der Waals surface area contributed by atoms with Gasteiger partial charge in [-0.1, -0.05) is 11.3 Å². The van der Waals surface area contributed by atoms with Crippen LogP contribution in [-0.4, -0.2) is 59.1 Å². The third-order valence-electron chi connectivity index (χ3n) is 3.31. The van der Waals surface area contributed by atoms with Gasteiger partial charge in [-0.05, 0) is 18.8 Å². The van der Waals surface area contributed by atoms with E-state index in [4.69, 9.17) is 21.3 Å². The van der Waals surface area contributed by atoms with Crippen molar-refractivity contribution in [1.29, 1.82) is 0 Å². The topological polar surface area (TPSA) is 144 Å². The lowest BCUT2D eigenvalue weighted by molar-refractivity contribution is -0.142.